The molecular weight excluding hydrogens is 508 g/mol. The van der Waals surface area contributed by atoms with Gasteiger partial charge in [-0.1, -0.05) is 0 Å². The van der Waals surface area contributed by atoms with Crippen LogP contribution in [0, 0.1) is 11.3 Å². The van der Waals surface area contributed by atoms with Crippen molar-refractivity contribution in [1.82, 2.24) is 34.3 Å². The van der Waals surface area contributed by atoms with Crippen LogP contribution in [-0.4, -0.2) is 46.8 Å². The minimum Gasteiger partial charge on any atom is -0.351 e. The number of hydrogen-bond donors (Lipinski definition) is 1. The molecule has 4 heterocycles. The molecule has 174 valence electrons. The summed E-state index contributed by atoms with van der Waals surface area (Å²) in [5.74, 6) is 0.391. The van der Waals surface area contributed by atoms with Crippen LogP contribution in [0.3, 0.4) is 0 Å². The number of anilines is 1. The van der Waals surface area contributed by atoms with Crippen LogP contribution in [0.25, 0.3) is 22.3 Å². The van der Waals surface area contributed by atoms with Crippen LogP contribution in [-0.2, 0) is 6.54 Å². The Labute approximate surface area is 202 Å². The van der Waals surface area contributed by atoms with Gasteiger partial charge in [0.1, 0.15) is 18.1 Å². The molecule has 12 heteroatoms. The molecule has 1 fully saturated rings. The third-order valence-electron chi connectivity index (χ3n) is 5.95. The number of pyridine rings is 1. The number of halogens is 3. The molecule has 0 bridgehead atoms. The summed E-state index contributed by atoms with van der Waals surface area (Å²) in [7, 11) is 0. The Bertz CT molecular complexity index is 1360. The Morgan fingerprint density at radius 1 is 1.21 bits per heavy atom. The first-order valence-corrected chi connectivity index (χ1v) is 11.6. The van der Waals surface area contributed by atoms with Gasteiger partial charge in [0.05, 0.1) is 46.2 Å². The number of rotatable bonds is 6. The van der Waals surface area contributed by atoms with Crippen LogP contribution in [0.4, 0.5) is 14.7 Å². The second-order valence-corrected chi connectivity index (χ2v) is 9.07. The minimum atomic E-state index is -2.52. The van der Waals surface area contributed by atoms with E-state index in [2.05, 4.69) is 56.9 Å². The van der Waals surface area contributed by atoms with Crippen molar-refractivity contribution in [2.75, 3.05) is 5.32 Å². The summed E-state index contributed by atoms with van der Waals surface area (Å²) in [5, 5.41) is 16.8. The fourth-order valence-electron chi connectivity index (χ4n) is 4.44. The molecule has 1 aliphatic rings. The zero-order valence-corrected chi connectivity index (χ0v) is 19.5. The van der Waals surface area contributed by atoms with Crippen LogP contribution in [0.2, 0.25) is 0 Å². The number of nitriles is 1. The third kappa shape index (κ3) is 4.48. The number of nitrogens with one attached hydrogen (secondary N) is 1. The largest absolute Gasteiger partial charge is 0.351 e. The molecule has 0 aliphatic heterocycles. The second-order valence-electron chi connectivity index (χ2n) is 8.21. The predicted molar refractivity (Wildman–Crippen MR) is 124 cm³/mol. The maximum absolute atomic E-state index is 12.7. The lowest BCUT2D eigenvalue weighted by atomic mass is 9.91. The quantitative estimate of drug-likeness (QED) is 0.390. The molecule has 0 aromatic carbocycles. The normalized spacial score (nSPS) is 18.3. The molecule has 0 spiro atoms. The van der Waals surface area contributed by atoms with E-state index in [1.165, 1.54) is 18.6 Å². The molecule has 4 aromatic rings. The first kappa shape index (κ1) is 22.3. The first-order chi connectivity index (χ1) is 16.5. The van der Waals surface area contributed by atoms with E-state index >= 15 is 0 Å². The predicted octanol–water partition coefficient (Wildman–Crippen LogP) is 4.58. The second kappa shape index (κ2) is 9.42. The van der Waals surface area contributed by atoms with Crippen LogP contribution in [0.1, 0.15) is 37.3 Å². The minimum absolute atomic E-state index is 0.124. The van der Waals surface area contributed by atoms with E-state index in [1.54, 1.807) is 12.4 Å². The van der Waals surface area contributed by atoms with Gasteiger partial charge in [-0.3, -0.25) is 9.67 Å². The van der Waals surface area contributed by atoms with Crippen LogP contribution >= 0.6 is 15.9 Å². The summed E-state index contributed by atoms with van der Waals surface area (Å²) in [6.45, 7) is -0.517. The number of aromatic nitrogens is 7. The summed E-state index contributed by atoms with van der Waals surface area (Å²) in [4.78, 5) is 17.5. The van der Waals surface area contributed by atoms with Crippen molar-refractivity contribution in [2.45, 2.75) is 50.7 Å². The topological polar surface area (TPSA) is 110 Å². The van der Waals surface area contributed by atoms with Crippen molar-refractivity contribution >= 4 is 32.9 Å². The monoisotopic (exact) mass is 527 g/mol. The van der Waals surface area contributed by atoms with Gasteiger partial charge in [0.15, 0.2) is 0 Å². The average Bonchev–Trinajstić information content (AvgIpc) is 3.47. The number of alkyl halides is 2. The Morgan fingerprint density at radius 2 is 2.09 bits per heavy atom. The number of fused-ring (bicyclic) bond motifs is 1. The maximum atomic E-state index is 12.7. The van der Waals surface area contributed by atoms with Gasteiger partial charge < -0.3 is 9.88 Å². The van der Waals surface area contributed by atoms with E-state index in [1.807, 2.05) is 6.33 Å². The van der Waals surface area contributed by atoms with Crippen molar-refractivity contribution in [3.05, 3.63) is 47.3 Å². The standard InChI is InChI=1S/C22H20BrF2N9/c23-17-8-27-9-18-21(17)34(12-29-18)16-3-1-2-15(4-16)31-22-28-6-13(5-26)20(32-22)14-7-30-33(10-14)11-19(24)25/h6-10,12,15-16,19H,1-4,11H2,(H,28,31,32)/t15-,16+/m1/s1. The van der Waals surface area contributed by atoms with Crippen molar-refractivity contribution in [2.24, 2.45) is 0 Å². The van der Waals surface area contributed by atoms with Crippen molar-refractivity contribution in [1.29, 1.82) is 5.26 Å². The highest BCUT2D eigenvalue weighted by Gasteiger charge is 2.26. The summed E-state index contributed by atoms with van der Waals surface area (Å²) < 4.78 is 29.6. The highest BCUT2D eigenvalue weighted by molar-refractivity contribution is 9.10. The molecule has 34 heavy (non-hydrogen) atoms. The fourth-order valence-corrected chi connectivity index (χ4v) is 4.96. The van der Waals surface area contributed by atoms with E-state index in [0.717, 1.165) is 45.9 Å². The van der Waals surface area contributed by atoms with E-state index < -0.39 is 13.0 Å². The van der Waals surface area contributed by atoms with Gasteiger partial charge in [0.25, 0.3) is 6.43 Å². The molecule has 1 saturated carbocycles. The lowest BCUT2D eigenvalue weighted by molar-refractivity contribution is 0.122. The lowest BCUT2D eigenvalue weighted by Gasteiger charge is -2.31. The van der Waals surface area contributed by atoms with Crippen molar-refractivity contribution < 1.29 is 8.78 Å². The molecule has 0 radical (unpaired) electrons. The van der Waals surface area contributed by atoms with Gasteiger partial charge in [-0.05, 0) is 41.6 Å². The molecular formula is C22H20BrF2N9. The highest BCUT2D eigenvalue weighted by atomic mass is 79.9. The molecule has 4 aromatic heterocycles. The maximum Gasteiger partial charge on any atom is 0.257 e. The number of hydrogen-bond acceptors (Lipinski definition) is 7. The van der Waals surface area contributed by atoms with Gasteiger partial charge in [-0.25, -0.2) is 23.7 Å². The number of nitrogens with zero attached hydrogens (tertiary/aromatic N) is 8. The first-order valence-electron chi connectivity index (χ1n) is 10.8. The van der Waals surface area contributed by atoms with Crippen LogP contribution in [0.15, 0.2) is 41.8 Å². The number of imidazole rings is 1. The molecule has 5 rings (SSSR count). The molecule has 1 aliphatic carbocycles. The van der Waals surface area contributed by atoms with E-state index in [4.69, 9.17) is 0 Å². The summed E-state index contributed by atoms with van der Waals surface area (Å²) in [5.41, 5.74) is 2.99. The average molecular weight is 528 g/mol. The Kier molecular flexibility index (Phi) is 6.19. The Morgan fingerprint density at radius 3 is 2.91 bits per heavy atom. The summed E-state index contributed by atoms with van der Waals surface area (Å²) >= 11 is 3.59. The fraction of sp³-hybridized carbons (Fsp3) is 0.364. The molecule has 0 unspecified atom stereocenters. The summed E-state index contributed by atoms with van der Waals surface area (Å²) in [6, 6.07) is 2.44. The molecule has 0 saturated heterocycles. The summed E-state index contributed by atoms with van der Waals surface area (Å²) in [6.07, 6.45) is 11.1. The van der Waals surface area contributed by atoms with Gasteiger partial charge in [0, 0.05) is 30.0 Å². The van der Waals surface area contributed by atoms with Crippen molar-refractivity contribution in [3.63, 3.8) is 0 Å². The molecule has 2 atom stereocenters. The van der Waals surface area contributed by atoms with Gasteiger partial charge in [0.2, 0.25) is 5.95 Å². The lowest BCUT2D eigenvalue weighted by Crippen LogP contribution is -2.29. The zero-order chi connectivity index (χ0) is 23.7. The van der Waals surface area contributed by atoms with Gasteiger partial charge >= 0.3 is 0 Å². The van der Waals surface area contributed by atoms with E-state index in [9.17, 15) is 14.0 Å². The Hall–Kier alpha value is -3.46. The third-order valence-corrected chi connectivity index (χ3v) is 6.53. The zero-order valence-electron chi connectivity index (χ0n) is 17.9. The SMILES string of the molecule is N#Cc1cnc(N[C@@H]2CCC[C@H](n3cnc4cncc(Br)c43)C2)nc1-c1cnn(CC(F)F)c1. The van der Waals surface area contributed by atoms with Gasteiger partial charge in [-0.15, -0.1) is 0 Å². The van der Waals surface area contributed by atoms with Crippen LogP contribution in [0.5, 0.6) is 0 Å². The molecule has 0 amide bonds. The van der Waals surface area contributed by atoms with E-state index in [-0.39, 0.29) is 17.6 Å². The highest BCUT2D eigenvalue weighted by Crippen LogP contribution is 2.34. The molecule has 1 N–H and O–H groups in total. The van der Waals surface area contributed by atoms with Gasteiger partial charge in [-0.2, -0.15) is 10.4 Å². The Balaban J connectivity index is 1.36. The van der Waals surface area contributed by atoms with Crippen molar-refractivity contribution in [3.8, 4) is 17.3 Å². The van der Waals surface area contributed by atoms with Crippen LogP contribution < -0.4 is 5.32 Å². The van der Waals surface area contributed by atoms with E-state index in [0.29, 0.717) is 17.2 Å². The molecule has 9 nitrogen and oxygen atoms in total. The smallest absolute Gasteiger partial charge is 0.257 e.